The summed E-state index contributed by atoms with van der Waals surface area (Å²) in [6, 6.07) is 7.71. The summed E-state index contributed by atoms with van der Waals surface area (Å²) in [5, 5.41) is 8.94. The van der Waals surface area contributed by atoms with E-state index in [9.17, 15) is 13.2 Å². The molecule has 0 aliphatic rings. The summed E-state index contributed by atoms with van der Waals surface area (Å²) in [4.78, 5) is 15.0. The van der Waals surface area contributed by atoms with Crippen molar-refractivity contribution in [2.24, 2.45) is 0 Å². The van der Waals surface area contributed by atoms with Gasteiger partial charge in [-0.2, -0.15) is 0 Å². The molecule has 1 aromatic heterocycles. The molecule has 2 rings (SSSR count). The van der Waals surface area contributed by atoms with Crippen LogP contribution in [0.5, 0.6) is 0 Å². The lowest BCUT2D eigenvalue weighted by molar-refractivity contribution is 0.0696. The molecule has 7 heteroatoms. The van der Waals surface area contributed by atoms with Gasteiger partial charge in [-0.3, -0.25) is 4.98 Å². The third kappa shape index (κ3) is 3.09. The average molecular weight is 306 g/mol. The molecule has 110 valence electrons. The number of carboxylic acids is 1. The van der Waals surface area contributed by atoms with Crippen LogP contribution in [0.15, 0.2) is 47.6 Å². The van der Waals surface area contributed by atoms with E-state index in [0.717, 1.165) is 4.31 Å². The third-order valence-corrected chi connectivity index (χ3v) is 4.78. The molecule has 0 atom stereocenters. The molecule has 1 N–H and O–H groups in total. The van der Waals surface area contributed by atoms with Gasteiger partial charge in [-0.05, 0) is 23.8 Å². The zero-order valence-electron chi connectivity index (χ0n) is 11.5. The van der Waals surface area contributed by atoms with Gasteiger partial charge in [0.15, 0.2) is 0 Å². The van der Waals surface area contributed by atoms with Crippen molar-refractivity contribution < 1.29 is 18.3 Å². The molecule has 0 bridgehead atoms. The first-order chi connectivity index (χ1) is 9.82. The highest BCUT2D eigenvalue weighted by atomic mass is 32.2. The Morgan fingerprint density at radius 2 is 1.71 bits per heavy atom. The molecule has 1 aromatic carbocycles. The molecule has 21 heavy (non-hydrogen) atoms. The number of hydrogen-bond acceptors (Lipinski definition) is 4. The molecule has 0 amide bonds. The Hall–Kier alpha value is -2.25. The molecule has 0 saturated heterocycles. The summed E-state index contributed by atoms with van der Waals surface area (Å²) in [5.41, 5.74) is 1.39. The van der Waals surface area contributed by atoms with E-state index < -0.39 is 16.0 Å². The fourth-order valence-electron chi connectivity index (χ4n) is 1.74. The second-order valence-corrected chi connectivity index (χ2v) is 6.73. The van der Waals surface area contributed by atoms with Crippen molar-refractivity contribution in [1.82, 2.24) is 9.29 Å². The summed E-state index contributed by atoms with van der Waals surface area (Å²) in [6.07, 6.45) is 2.79. The number of carboxylic acid groups (broad SMARTS) is 1. The molecule has 0 aliphatic heterocycles. The van der Waals surface area contributed by atoms with Crippen molar-refractivity contribution in [3.63, 3.8) is 0 Å². The van der Waals surface area contributed by atoms with Gasteiger partial charge in [-0.25, -0.2) is 17.5 Å². The van der Waals surface area contributed by atoms with Crippen molar-refractivity contribution in [2.45, 2.75) is 4.90 Å². The maximum absolute atomic E-state index is 12.0. The number of sulfonamides is 1. The number of benzene rings is 1. The molecular weight excluding hydrogens is 292 g/mol. The van der Waals surface area contributed by atoms with Gasteiger partial charge in [-0.15, -0.1) is 0 Å². The Morgan fingerprint density at radius 3 is 2.24 bits per heavy atom. The predicted molar refractivity (Wildman–Crippen MR) is 77.5 cm³/mol. The number of aromatic nitrogens is 1. The molecule has 0 fully saturated rings. The zero-order chi connectivity index (χ0) is 15.6. The van der Waals surface area contributed by atoms with Crippen LogP contribution in [0.2, 0.25) is 0 Å². The summed E-state index contributed by atoms with van der Waals surface area (Å²) < 4.78 is 25.1. The Labute approximate surface area is 122 Å². The molecular formula is C14H14N2O4S. The lowest BCUT2D eigenvalue weighted by Crippen LogP contribution is -2.22. The number of aromatic carboxylic acids is 1. The average Bonchev–Trinajstić information content (AvgIpc) is 2.47. The lowest BCUT2D eigenvalue weighted by atomic mass is 10.1. The Kier molecular flexibility index (Phi) is 4.06. The van der Waals surface area contributed by atoms with Gasteiger partial charge in [0.25, 0.3) is 0 Å². The quantitative estimate of drug-likeness (QED) is 0.929. The largest absolute Gasteiger partial charge is 0.478 e. The third-order valence-electron chi connectivity index (χ3n) is 2.95. The normalized spacial score (nSPS) is 11.6. The van der Waals surface area contributed by atoms with E-state index in [1.54, 1.807) is 12.1 Å². The van der Waals surface area contributed by atoms with Gasteiger partial charge in [-0.1, -0.05) is 12.1 Å². The highest BCUT2D eigenvalue weighted by Gasteiger charge is 2.16. The highest BCUT2D eigenvalue weighted by molar-refractivity contribution is 7.89. The van der Waals surface area contributed by atoms with Crippen LogP contribution in [0, 0.1) is 0 Å². The number of pyridine rings is 1. The molecule has 0 aliphatic carbocycles. The van der Waals surface area contributed by atoms with Gasteiger partial charge in [0.05, 0.1) is 10.5 Å². The first kappa shape index (κ1) is 15.1. The topological polar surface area (TPSA) is 87.6 Å². The molecule has 2 aromatic rings. The second-order valence-electron chi connectivity index (χ2n) is 4.58. The van der Waals surface area contributed by atoms with E-state index in [2.05, 4.69) is 4.98 Å². The minimum atomic E-state index is -3.47. The van der Waals surface area contributed by atoms with Crippen molar-refractivity contribution in [2.75, 3.05) is 14.1 Å². The summed E-state index contributed by atoms with van der Waals surface area (Å²) in [5.74, 6) is -1.06. The highest BCUT2D eigenvalue weighted by Crippen LogP contribution is 2.22. The standard InChI is InChI=1S/C14H14N2O4S/c1-16(2)21(19,20)13-5-3-10(4-6-13)11-7-12(14(17)18)9-15-8-11/h3-9H,1-2H3,(H,17,18). The number of rotatable bonds is 4. The Bertz CT molecular complexity index is 768. The second kappa shape index (κ2) is 5.63. The van der Waals surface area contributed by atoms with Crippen molar-refractivity contribution >= 4 is 16.0 Å². The maximum Gasteiger partial charge on any atom is 0.337 e. The SMILES string of the molecule is CN(C)S(=O)(=O)c1ccc(-c2cncc(C(=O)O)c2)cc1. The summed E-state index contributed by atoms with van der Waals surface area (Å²) in [7, 11) is -0.550. The summed E-state index contributed by atoms with van der Waals surface area (Å²) in [6.45, 7) is 0. The van der Waals surface area contributed by atoms with Crippen molar-refractivity contribution in [3.8, 4) is 11.1 Å². The maximum atomic E-state index is 12.0. The monoisotopic (exact) mass is 306 g/mol. The number of hydrogen-bond donors (Lipinski definition) is 1. The molecule has 0 spiro atoms. The van der Waals surface area contributed by atoms with E-state index in [-0.39, 0.29) is 10.5 Å². The van der Waals surface area contributed by atoms with Crippen LogP contribution in [0.4, 0.5) is 0 Å². The summed E-state index contributed by atoms with van der Waals surface area (Å²) >= 11 is 0. The smallest absolute Gasteiger partial charge is 0.337 e. The first-order valence-electron chi connectivity index (χ1n) is 6.03. The van der Waals surface area contributed by atoms with E-state index in [4.69, 9.17) is 5.11 Å². The van der Waals surface area contributed by atoms with Crippen LogP contribution < -0.4 is 0 Å². The van der Waals surface area contributed by atoms with Gasteiger partial charge < -0.3 is 5.11 Å². The lowest BCUT2D eigenvalue weighted by Gasteiger charge is -2.11. The van der Waals surface area contributed by atoms with Crippen LogP contribution in [0.1, 0.15) is 10.4 Å². The van der Waals surface area contributed by atoms with Gasteiger partial charge >= 0.3 is 5.97 Å². The van der Waals surface area contributed by atoms with E-state index in [1.807, 2.05) is 0 Å². The molecule has 0 saturated carbocycles. The van der Waals surface area contributed by atoms with Gasteiger partial charge in [0, 0.05) is 32.1 Å². The molecule has 6 nitrogen and oxygen atoms in total. The van der Waals surface area contributed by atoms with Crippen LogP contribution in [-0.2, 0) is 10.0 Å². The van der Waals surface area contributed by atoms with E-state index >= 15 is 0 Å². The minimum Gasteiger partial charge on any atom is -0.478 e. The minimum absolute atomic E-state index is 0.0810. The molecule has 0 unspecified atom stereocenters. The van der Waals surface area contributed by atoms with E-state index in [0.29, 0.717) is 11.1 Å². The van der Waals surface area contributed by atoms with Gasteiger partial charge in [0.1, 0.15) is 0 Å². The van der Waals surface area contributed by atoms with Gasteiger partial charge in [0.2, 0.25) is 10.0 Å². The Morgan fingerprint density at radius 1 is 1.10 bits per heavy atom. The van der Waals surface area contributed by atoms with Crippen LogP contribution in [-0.4, -0.2) is 42.9 Å². The molecule has 1 heterocycles. The van der Waals surface area contributed by atoms with E-state index in [1.165, 1.54) is 44.7 Å². The fourth-order valence-corrected chi connectivity index (χ4v) is 2.65. The fraction of sp³-hybridized carbons (Fsp3) is 0.143. The van der Waals surface area contributed by atoms with Crippen LogP contribution >= 0.6 is 0 Å². The zero-order valence-corrected chi connectivity index (χ0v) is 12.3. The Balaban J connectivity index is 2.40. The number of carbonyl (C=O) groups is 1. The first-order valence-corrected chi connectivity index (χ1v) is 7.47. The van der Waals surface area contributed by atoms with Crippen molar-refractivity contribution in [3.05, 3.63) is 48.3 Å². The number of nitrogens with zero attached hydrogens (tertiary/aromatic N) is 2. The predicted octanol–water partition coefficient (Wildman–Crippen LogP) is 1.70. The van der Waals surface area contributed by atoms with Crippen LogP contribution in [0.25, 0.3) is 11.1 Å². The van der Waals surface area contributed by atoms with Crippen molar-refractivity contribution in [1.29, 1.82) is 0 Å². The van der Waals surface area contributed by atoms with Crippen LogP contribution in [0.3, 0.4) is 0 Å². The molecule has 0 radical (unpaired) electrons.